The zero-order valence-electron chi connectivity index (χ0n) is 14.0. The van der Waals surface area contributed by atoms with Crippen LogP contribution in [0.25, 0.3) is 0 Å². The lowest BCUT2D eigenvalue weighted by Gasteiger charge is -2.10. The number of benzene rings is 1. The van der Waals surface area contributed by atoms with Gasteiger partial charge in [-0.1, -0.05) is 6.07 Å². The molecule has 25 heavy (non-hydrogen) atoms. The summed E-state index contributed by atoms with van der Waals surface area (Å²) in [6, 6.07) is 7.76. The molecule has 0 atom stereocenters. The van der Waals surface area contributed by atoms with Gasteiger partial charge in [0.1, 0.15) is 4.21 Å². The first-order valence-electron chi connectivity index (χ1n) is 7.28. The van der Waals surface area contributed by atoms with E-state index in [0.717, 1.165) is 16.2 Å². The Labute approximate surface area is 150 Å². The number of esters is 1. The van der Waals surface area contributed by atoms with Crippen LogP contribution in [0, 0.1) is 6.92 Å². The summed E-state index contributed by atoms with van der Waals surface area (Å²) in [6.45, 7) is 3.39. The van der Waals surface area contributed by atoms with Gasteiger partial charge in [-0.2, -0.15) is 0 Å². The monoisotopic (exact) mass is 382 g/mol. The Balaban J connectivity index is 2.24. The van der Waals surface area contributed by atoms with Crippen LogP contribution in [0.5, 0.6) is 0 Å². The van der Waals surface area contributed by atoms with Gasteiger partial charge < -0.3 is 10.1 Å². The van der Waals surface area contributed by atoms with Crippen LogP contribution in [0.15, 0.2) is 34.5 Å². The number of hydrogen-bond donors (Lipinski definition) is 2. The van der Waals surface area contributed by atoms with Gasteiger partial charge in [0.2, 0.25) is 5.91 Å². The van der Waals surface area contributed by atoms with Crippen molar-refractivity contribution < 1.29 is 22.7 Å². The molecule has 0 aliphatic carbocycles. The Hall–Kier alpha value is -2.39. The minimum atomic E-state index is -3.80. The Morgan fingerprint density at radius 3 is 2.56 bits per heavy atom. The maximum absolute atomic E-state index is 12.6. The highest BCUT2D eigenvalue weighted by molar-refractivity contribution is 7.94. The molecule has 2 N–H and O–H groups in total. The molecule has 9 heteroatoms. The van der Waals surface area contributed by atoms with Gasteiger partial charge in [0.15, 0.2) is 0 Å². The lowest BCUT2D eigenvalue weighted by Crippen LogP contribution is -2.18. The van der Waals surface area contributed by atoms with Gasteiger partial charge in [-0.15, -0.1) is 11.3 Å². The minimum Gasteiger partial charge on any atom is -0.465 e. The molecular weight excluding hydrogens is 364 g/mol. The largest absolute Gasteiger partial charge is 0.465 e. The predicted molar refractivity (Wildman–Crippen MR) is 95.2 cm³/mol. The molecule has 0 aliphatic heterocycles. The maximum atomic E-state index is 12.6. The summed E-state index contributed by atoms with van der Waals surface area (Å²) in [5, 5.41) is 2.62. The Morgan fingerprint density at radius 1 is 1.20 bits per heavy atom. The van der Waals surface area contributed by atoms with Crippen LogP contribution >= 0.6 is 11.3 Å². The van der Waals surface area contributed by atoms with Gasteiger partial charge in [-0.25, -0.2) is 13.2 Å². The average molecular weight is 382 g/mol. The quantitative estimate of drug-likeness (QED) is 0.747. The van der Waals surface area contributed by atoms with E-state index in [0.29, 0.717) is 11.3 Å². The van der Waals surface area contributed by atoms with Crippen molar-refractivity contribution in [3.63, 3.8) is 0 Å². The number of aryl methyl sites for hydroxylation is 1. The van der Waals surface area contributed by atoms with Gasteiger partial charge in [0.25, 0.3) is 10.0 Å². The SMILES string of the molecule is COC(=O)c1ccc(C)c(NS(=O)(=O)c2ccc(CNC(C)=O)s2)c1. The van der Waals surface area contributed by atoms with Crippen molar-refractivity contribution in [2.24, 2.45) is 0 Å². The summed E-state index contributed by atoms with van der Waals surface area (Å²) in [5.41, 5.74) is 1.23. The third kappa shape index (κ3) is 4.80. The number of amides is 1. The topological polar surface area (TPSA) is 102 Å². The van der Waals surface area contributed by atoms with Crippen LogP contribution in [0.3, 0.4) is 0 Å². The molecule has 2 rings (SSSR count). The molecule has 7 nitrogen and oxygen atoms in total. The molecule has 134 valence electrons. The molecule has 1 amide bonds. The van der Waals surface area contributed by atoms with Crippen LogP contribution in [-0.4, -0.2) is 27.4 Å². The number of ether oxygens (including phenoxy) is 1. The molecule has 0 spiro atoms. The Kier molecular flexibility index (Phi) is 5.81. The minimum absolute atomic E-state index is 0.121. The fraction of sp³-hybridized carbons (Fsp3) is 0.250. The molecule has 0 unspecified atom stereocenters. The second-order valence-corrected chi connectivity index (χ2v) is 8.33. The molecule has 0 saturated heterocycles. The van der Waals surface area contributed by atoms with Crippen molar-refractivity contribution in [1.29, 1.82) is 0 Å². The molecular formula is C16H18N2O5S2. The molecule has 1 aromatic carbocycles. The van der Waals surface area contributed by atoms with E-state index in [4.69, 9.17) is 0 Å². The summed E-state index contributed by atoms with van der Waals surface area (Å²) in [6.07, 6.45) is 0. The van der Waals surface area contributed by atoms with Crippen LogP contribution in [0.4, 0.5) is 5.69 Å². The standard InChI is InChI=1S/C16H18N2O5S2/c1-10-4-5-12(16(20)23-3)8-14(10)18-25(21,22)15-7-6-13(24-15)9-17-11(2)19/h4-8,18H,9H2,1-3H3,(H,17,19). The van der Waals surface area contributed by atoms with Gasteiger partial charge in [-0.05, 0) is 36.8 Å². The highest BCUT2D eigenvalue weighted by Crippen LogP contribution is 2.26. The van der Waals surface area contributed by atoms with Gasteiger partial charge in [0, 0.05) is 11.8 Å². The number of carbonyl (C=O) groups is 2. The number of sulfonamides is 1. The first kappa shape index (κ1) is 18.9. The number of hydrogen-bond acceptors (Lipinski definition) is 6. The lowest BCUT2D eigenvalue weighted by molar-refractivity contribution is -0.119. The van der Waals surface area contributed by atoms with Crippen molar-refractivity contribution in [2.75, 3.05) is 11.8 Å². The maximum Gasteiger partial charge on any atom is 0.337 e. The van der Waals surface area contributed by atoms with Crippen LogP contribution < -0.4 is 10.0 Å². The van der Waals surface area contributed by atoms with Crippen molar-refractivity contribution in [3.8, 4) is 0 Å². The van der Waals surface area contributed by atoms with Crippen molar-refractivity contribution in [1.82, 2.24) is 5.32 Å². The highest BCUT2D eigenvalue weighted by Gasteiger charge is 2.19. The molecule has 0 aliphatic rings. The second kappa shape index (κ2) is 7.66. The molecule has 2 aromatic rings. The summed E-state index contributed by atoms with van der Waals surface area (Å²) in [4.78, 5) is 23.3. The summed E-state index contributed by atoms with van der Waals surface area (Å²) in [7, 11) is -2.54. The number of methoxy groups -OCH3 is 1. The summed E-state index contributed by atoms with van der Waals surface area (Å²) >= 11 is 1.07. The highest BCUT2D eigenvalue weighted by atomic mass is 32.2. The fourth-order valence-corrected chi connectivity index (χ4v) is 4.40. The Morgan fingerprint density at radius 2 is 1.92 bits per heavy atom. The van der Waals surface area contributed by atoms with Gasteiger partial charge in [0.05, 0.1) is 24.9 Å². The molecule has 0 bridgehead atoms. The van der Waals surface area contributed by atoms with Crippen LogP contribution in [0.2, 0.25) is 0 Å². The lowest BCUT2D eigenvalue weighted by atomic mass is 10.1. The zero-order valence-corrected chi connectivity index (χ0v) is 15.6. The van der Waals surface area contributed by atoms with Gasteiger partial charge in [-0.3, -0.25) is 9.52 Å². The zero-order chi connectivity index (χ0) is 18.6. The van der Waals surface area contributed by atoms with Gasteiger partial charge >= 0.3 is 5.97 Å². The van der Waals surface area contributed by atoms with E-state index in [1.807, 2.05) is 0 Å². The molecule has 0 fully saturated rings. The number of nitrogens with one attached hydrogen (secondary N) is 2. The normalized spacial score (nSPS) is 11.0. The average Bonchev–Trinajstić information content (AvgIpc) is 3.04. The summed E-state index contributed by atoms with van der Waals surface area (Å²) in [5.74, 6) is -0.736. The van der Waals surface area contributed by atoms with E-state index in [-0.39, 0.29) is 22.2 Å². The van der Waals surface area contributed by atoms with Crippen molar-refractivity contribution in [3.05, 3.63) is 46.3 Å². The number of rotatable bonds is 6. The van der Waals surface area contributed by atoms with E-state index < -0.39 is 16.0 Å². The second-order valence-electron chi connectivity index (χ2n) is 5.26. The van der Waals surface area contributed by atoms with E-state index in [1.54, 1.807) is 25.1 Å². The number of thiophene rings is 1. The fourth-order valence-electron chi connectivity index (χ4n) is 1.98. The van der Waals surface area contributed by atoms with Crippen LogP contribution in [-0.2, 0) is 26.1 Å². The molecule has 0 radical (unpaired) electrons. The van der Waals surface area contributed by atoms with Crippen molar-refractivity contribution >= 4 is 38.9 Å². The smallest absolute Gasteiger partial charge is 0.337 e. The number of carbonyl (C=O) groups excluding carboxylic acids is 2. The predicted octanol–water partition coefficient (Wildman–Crippen LogP) is 2.28. The first-order valence-corrected chi connectivity index (χ1v) is 9.58. The van der Waals surface area contributed by atoms with E-state index >= 15 is 0 Å². The molecule has 1 heterocycles. The van der Waals surface area contributed by atoms with Crippen molar-refractivity contribution in [2.45, 2.75) is 24.6 Å². The summed E-state index contributed by atoms with van der Waals surface area (Å²) < 4.78 is 32.4. The molecule has 1 aromatic heterocycles. The molecule has 0 saturated carbocycles. The van der Waals surface area contributed by atoms with Crippen LogP contribution in [0.1, 0.15) is 27.7 Å². The third-order valence-corrected chi connectivity index (χ3v) is 6.26. The van der Waals surface area contributed by atoms with E-state index in [1.165, 1.54) is 26.2 Å². The Bertz CT molecular complexity index is 903. The number of anilines is 1. The van der Waals surface area contributed by atoms with E-state index in [9.17, 15) is 18.0 Å². The third-order valence-electron chi connectivity index (χ3n) is 3.32. The first-order chi connectivity index (χ1) is 11.7. The van der Waals surface area contributed by atoms with E-state index in [2.05, 4.69) is 14.8 Å².